The standard InChI is InChI=1S/C15H22N/c1-4-11-15(2,3)16-12-7-9-13-8-5-6-10-14(13)16/h4-6,8,10H,7,9,11-12H2,1-3H3/q+1. The topological polar surface area (TPSA) is 3.24 Å². The van der Waals surface area contributed by atoms with Crippen molar-refractivity contribution in [1.82, 2.24) is 0 Å². The van der Waals surface area contributed by atoms with E-state index in [4.69, 9.17) is 0 Å². The molecule has 0 fully saturated rings. The van der Waals surface area contributed by atoms with E-state index in [2.05, 4.69) is 56.4 Å². The third kappa shape index (κ3) is 2.04. The summed E-state index contributed by atoms with van der Waals surface area (Å²) in [5.41, 5.74) is 3.20. The molecule has 0 atom stereocenters. The molecule has 0 saturated heterocycles. The quantitative estimate of drug-likeness (QED) is 0.694. The van der Waals surface area contributed by atoms with E-state index in [1.807, 2.05) is 0 Å². The number of benzene rings is 1. The molecule has 0 spiro atoms. The second-order valence-corrected chi connectivity index (χ2v) is 5.31. The predicted molar refractivity (Wildman–Crippen MR) is 70.8 cm³/mol. The molecule has 86 valence electrons. The number of hydrogen-bond acceptors (Lipinski definition) is 1. The minimum absolute atomic E-state index is 0.241. The number of fused-ring (bicyclic) bond motifs is 1. The number of hydrogen-bond donors (Lipinski definition) is 0. The molecule has 0 aliphatic carbocycles. The Morgan fingerprint density at radius 3 is 2.81 bits per heavy atom. The molecule has 0 N–H and O–H groups in total. The maximum Gasteiger partial charge on any atom is 0.110 e. The second-order valence-electron chi connectivity index (χ2n) is 5.31. The van der Waals surface area contributed by atoms with E-state index in [0.29, 0.717) is 0 Å². The molecule has 2 rings (SSSR count). The van der Waals surface area contributed by atoms with Gasteiger partial charge in [-0.2, -0.15) is 0 Å². The van der Waals surface area contributed by atoms with Crippen LogP contribution in [0.25, 0.3) is 0 Å². The van der Waals surface area contributed by atoms with Crippen molar-refractivity contribution in [3.05, 3.63) is 36.2 Å². The van der Waals surface area contributed by atoms with Crippen molar-refractivity contribution in [2.24, 2.45) is 0 Å². The van der Waals surface area contributed by atoms with Gasteiger partial charge in [-0.25, -0.2) is 0 Å². The number of rotatable bonds is 3. The van der Waals surface area contributed by atoms with Crippen LogP contribution in [0.4, 0.5) is 5.69 Å². The largest absolute Gasteiger partial charge is 0.362 e. The fourth-order valence-electron chi connectivity index (χ4n) is 2.77. The second kappa shape index (κ2) is 4.40. The molecule has 0 saturated carbocycles. The molecule has 0 radical (unpaired) electrons. The Morgan fingerprint density at radius 2 is 2.06 bits per heavy atom. The highest BCUT2D eigenvalue weighted by Crippen LogP contribution is 2.34. The number of para-hydroxylation sites is 1. The Hall–Kier alpha value is -1.11. The van der Waals surface area contributed by atoms with Gasteiger partial charge in [0.05, 0.1) is 18.9 Å². The lowest BCUT2D eigenvalue weighted by atomic mass is 9.91. The first-order valence-electron chi connectivity index (χ1n) is 6.28. The SMILES string of the molecule is C[CH+]CC(C)(C)N1CCCc2ccccc21. The van der Waals surface area contributed by atoms with Crippen LogP contribution in [0.3, 0.4) is 0 Å². The summed E-state index contributed by atoms with van der Waals surface area (Å²) in [4.78, 5) is 2.58. The van der Waals surface area contributed by atoms with Crippen LogP contribution >= 0.6 is 0 Å². The fourth-order valence-corrected chi connectivity index (χ4v) is 2.77. The summed E-state index contributed by atoms with van der Waals surface area (Å²) in [7, 11) is 0. The molecule has 1 heteroatoms. The van der Waals surface area contributed by atoms with E-state index < -0.39 is 0 Å². The molecular formula is C15H22N+. The molecule has 1 aliphatic rings. The number of nitrogens with zero attached hydrogens (tertiary/aromatic N) is 1. The van der Waals surface area contributed by atoms with Gasteiger partial charge in [-0.1, -0.05) is 18.2 Å². The minimum atomic E-state index is 0.241. The summed E-state index contributed by atoms with van der Waals surface area (Å²) < 4.78 is 0. The molecule has 0 bridgehead atoms. The van der Waals surface area contributed by atoms with Crippen LogP contribution in [0.15, 0.2) is 24.3 Å². The van der Waals surface area contributed by atoms with E-state index >= 15 is 0 Å². The van der Waals surface area contributed by atoms with Crippen molar-refractivity contribution < 1.29 is 0 Å². The van der Waals surface area contributed by atoms with Crippen LogP contribution < -0.4 is 4.90 Å². The van der Waals surface area contributed by atoms with Crippen molar-refractivity contribution in [2.75, 3.05) is 11.4 Å². The van der Waals surface area contributed by atoms with E-state index in [9.17, 15) is 0 Å². The first kappa shape index (κ1) is 11.4. The van der Waals surface area contributed by atoms with Crippen molar-refractivity contribution >= 4 is 5.69 Å². The average Bonchev–Trinajstić information content (AvgIpc) is 2.28. The summed E-state index contributed by atoms with van der Waals surface area (Å²) in [6.07, 6.45) is 5.93. The first-order chi connectivity index (χ1) is 7.65. The summed E-state index contributed by atoms with van der Waals surface area (Å²) in [5, 5.41) is 0. The molecule has 16 heavy (non-hydrogen) atoms. The zero-order valence-corrected chi connectivity index (χ0v) is 10.7. The maximum absolute atomic E-state index is 2.58. The lowest BCUT2D eigenvalue weighted by molar-refractivity contribution is 0.438. The highest BCUT2D eigenvalue weighted by atomic mass is 15.2. The van der Waals surface area contributed by atoms with Crippen LogP contribution in [0, 0.1) is 6.42 Å². The van der Waals surface area contributed by atoms with Gasteiger partial charge in [0.2, 0.25) is 0 Å². The summed E-state index contributed by atoms with van der Waals surface area (Å²) in [6, 6.07) is 8.85. The van der Waals surface area contributed by atoms with Crippen LogP contribution in [0.2, 0.25) is 0 Å². The summed E-state index contributed by atoms with van der Waals surface area (Å²) in [6.45, 7) is 8.03. The van der Waals surface area contributed by atoms with Gasteiger partial charge in [-0.05, 0) is 38.3 Å². The van der Waals surface area contributed by atoms with E-state index in [-0.39, 0.29) is 5.54 Å². The minimum Gasteiger partial charge on any atom is -0.362 e. The molecule has 0 unspecified atom stereocenters. The monoisotopic (exact) mass is 216 g/mol. The first-order valence-corrected chi connectivity index (χ1v) is 6.28. The van der Waals surface area contributed by atoms with Gasteiger partial charge in [-0.15, -0.1) is 0 Å². The smallest absolute Gasteiger partial charge is 0.110 e. The van der Waals surface area contributed by atoms with Crippen LogP contribution in [-0.2, 0) is 6.42 Å². The van der Waals surface area contributed by atoms with Crippen molar-refractivity contribution in [3.8, 4) is 0 Å². The van der Waals surface area contributed by atoms with E-state index in [0.717, 1.165) is 6.42 Å². The Kier molecular flexibility index (Phi) is 3.13. The Morgan fingerprint density at radius 1 is 1.31 bits per heavy atom. The van der Waals surface area contributed by atoms with Gasteiger partial charge in [-0.3, -0.25) is 0 Å². The molecular weight excluding hydrogens is 194 g/mol. The van der Waals surface area contributed by atoms with Crippen LogP contribution in [-0.4, -0.2) is 12.1 Å². The van der Waals surface area contributed by atoms with Crippen LogP contribution in [0.5, 0.6) is 0 Å². The highest BCUT2D eigenvalue weighted by molar-refractivity contribution is 5.57. The molecule has 1 aliphatic heterocycles. The van der Waals surface area contributed by atoms with Crippen molar-refractivity contribution in [2.45, 2.75) is 45.6 Å². The zero-order chi connectivity index (χ0) is 11.6. The van der Waals surface area contributed by atoms with Gasteiger partial charge in [0, 0.05) is 12.2 Å². The van der Waals surface area contributed by atoms with Crippen molar-refractivity contribution in [3.63, 3.8) is 0 Å². The van der Waals surface area contributed by atoms with E-state index in [1.165, 1.54) is 30.6 Å². The number of anilines is 1. The predicted octanol–water partition coefficient (Wildman–Crippen LogP) is 3.83. The van der Waals surface area contributed by atoms with E-state index in [1.54, 1.807) is 0 Å². The normalized spacial score (nSPS) is 15.8. The van der Waals surface area contributed by atoms with Gasteiger partial charge < -0.3 is 4.90 Å². The lowest BCUT2D eigenvalue weighted by Gasteiger charge is -2.42. The highest BCUT2D eigenvalue weighted by Gasteiger charge is 2.32. The lowest BCUT2D eigenvalue weighted by Crippen LogP contribution is -2.46. The number of aryl methyl sites for hydroxylation is 1. The molecule has 1 aromatic carbocycles. The molecule has 1 aromatic rings. The molecule has 1 nitrogen and oxygen atoms in total. The van der Waals surface area contributed by atoms with Gasteiger partial charge >= 0.3 is 0 Å². The van der Waals surface area contributed by atoms with Gasteiger partial charge in [0.15, 0.2) is 0 Å². The molecule has 0 aromatic heterocycles. The van der Waals surface area contributed by atoms with Crippen molar-refractivity contribution in [1.29, 1.82) is 0 Å². The molecule has 1 heterocycles. The average molecular weight is 216 g/mol. The Labute approximate surface area is 99.5 Å². The summed E-state index contributed by atoms with van der Waals surface area (Å²) >= 11 is 0. The van der Waals surface area contributed by atoms with Crippen LogP contribution in [0.1, 0.15) is 39.2 Å². The maximum atomic E-state index is 2.58. The fraction of sp³-hybridized carbons (Fsp3) is 0.533. The Bertz CT molecular complexity index is 354. The zero-order valence-electron chi connectivity index (χ0n) is 10.7. The molecule has 0 amide bonds. The third-order valence-corrected chi connectivity index (χ3v) is 3.54. The third-order valence-electron chi connectivity index (χ3n) is 3.54. The summed E-state index contributed by atoms with van der Waals surface area (Å²) in [5.74, 6) is 0. The van der Waals surface area contributed by atoms with Gasteiger partial charge in [0.25, 0.3) is 0 Å². The Balaban J connectivity index is 2.31. The van der Waals surface area contributed by atoms with Gasteiger partial charge in [0.1, 0.15) is 6.42 Å².